The first-order chi connectivity index (χ1) is 10.2. The highest BCUT2D eigenvalue weighted by Crippen LogP contribution is 2.30. The van der Waals surface area contributed by atoms with Crippen LogP contribution in [0.4, 0.5) is 0 Å². The fourth-order valence-electron chi connectivity index (χ4n) is 2.10. The SMILES string of the molecule is O=Cc1c(-c2cccc(Cl)c2)nn(-c2ccccc2)c1Br. The third-order valence-electron chi connectivity index (χ3n) is 3.08. The topological polar surface area (TPSA) is 34.9 Å². The van der Waals surface area contributed by atoms with Crippen LogP contribution in [0.1, 0.15) is 10.4 Å². The van der Waals surface area contributed by atoms with E-state index in [9.17, 15) is 4.79 Å². The largest absolute Gasteiger partial charge is 0.298 e. The molecule has 2 aromatic carbocycles. The second-order valence-electron chi connectivity index (χ2n) is 4.43. The predicted octanol–water partition coefficient (Wildman–Crippen LogP) is 4.77. The summed E-state index contributed by atoms with van der Waals surface area (Å²) in [7, 11) is 0. The minimum Gasteiger partial charge on any atom is -0.298 e. The van der Waals surface area contributed by atoms with Crippen molar-refractivity contribution in [2.45, 2.75) is 0 Å². The summed E-state index contributed by atoms with van der Waals surface area (Å²) < 4.78 is 2.32. The van der Waals surface area contributed by atoms with Crippen LogP contribution in [0, 0.1) is 0 Å². The van der Waals surface area contributed by atoms with E-state index in [0.29, 0.717) is 20.9 Å². The third kappa shape index (κ3) is 2.64. The number of halogens is 2. The minimum absolute atomic E-state index is 0.501. The molecule has 0 saturated heterocycles. The van der Waals surface area contributed by atoms with Gasteiger partial charge < -0.3 is 0 Å². The van der Waals surface area contributed by atoms with Crippen molar-refractivity contribution >= 4 is 33.8 Å². The molecule has 21 heavy (non-hydrogen) atoms. The summed E-state index contributed by atoms with van der Waals surface area (Å²) in [5.41, 5.74) is 2.78. The lowest BCUT2D eigenvalue weighted by Gasteiger charge is -2.02. The van der Waals surface area contributed by atoms with Gasteiger partial charge in [0.05, 0.1) is 11.3 Å². The van der Waals surface area contributed by atoms with E-state index in [-0.39, 0.29) is 0 Å². The van der Waals surface area contributed by atoms with E-state index in [4.69, 9.17) is 11.6 Å². The van der Waals surface area contributed by atoms with Crippen LogP contribution in [-0.4, -0.2) is 16.1 Å². The molecule has 0 amide bonds. The molecule has 104 valence electrons. The van der Waals surface area contributed by atoms with Crippen molar-refractivity contribution in [2.24, 2.45) is 0 Å². The summed E-state index contributed by atoms with van der Waals surface area (Å²) in [5, 5.41) is 5.15. The number of benzene rings is 2. The first-order valence-electron chi connectivity index (χ1n) is 6.26. The van der Waals surface area contributed by atoms with Gasteiger partial charge in [0.25, 0.3) is 0 Å². The maximum absolute atomic E-state index is 11.4. The van der Waals surface area contributed by atoms with Crippen molar-refractivity contribution in [3.8, 4) is 16.9 Å². The molecule has 0 spiro atoms. The first-order valence-corrected chi connectivity index (χ1v) is 7.43. The lowest BCUT2D eigenvalue weighted by atomic mass is 10.1. The van der Waals surface area contributed by atoms with Crippen LogP contribution in [0.2, 0.25) is 5.02 Å². The quantitative estimate of drug-likeness (QED) is 0.630. The molecule has 1 heterocycles. The Balaban J connectivity index is 2.21. The van der Waals surface area contributed by atoms with E-state index < -0.39 is 0 Å². The van der Waals surface area contributed by atoms with Crippen molar-refractivity contribution in [3.05, 3.63) is 69.8 Å². The summed E-state index contributed by atoms with van der Waals surface area (Å²) in [6, 6.07) is 16.9. The van der Waals surface area contributed by atoms with Crippen molar-refractivity contribution in [1.29, 1.82) is 0 Å². The van der Waals surface area contributed by atoms with Gasteiger partial charge in [0.1, 0.15) is 10.3 Å². The van der Waals surface area contributed by atoms with Gasteiger partial charge >= 0.3 is 0 Å². The normalized spacial score (nSPS) is 10.6. The highest BCUT2D eigenvalue weighted by atomic mass is 79.9. The summed E-state index contributed by atoms with van der Waals surface area (Å²) in [6.45, 7) is 0. The third-order valence-corrected chi connectivity index (χ3v) is 4.08. The number of aldehydes is 1. The Kier molecular flexibility index (Phi) is 3.90. The summed E-state index contributed by atoms with van der Waals surface area (Å²) >= 11 is 9.47. The van der Waals surface area contributed by atoms with Crippen LogP contribution in [0.5, 0.6) is 0 Å². The molecule has 3 aromatic rings. The van der Waals surface area contributed by atoms with Crippen molar-refractivity contribution in [1.82, 2.24) is 9.78 Å². The molecule has 0 N–H and O–H groups in total. The van der Waals surface area contributed by atoms with Crippen LogP contribution in [-0.2, 0) is 0 Å². The number of carbonyl (C=O) groups excluding carboxylic acids is 1. The molecule has 0 bridgehead atoms. The molecular weight excluding hydrogens is 352 g/mol. The van der Waals surface area contributed by atoms with Crippen LogP contribution in [0.3, 0.4) is 0 Å². The number of hydrogen-bond donors (Lipinski definition) is 0. The molecule has 0 aliphatic carbocycles. The Morgan fingerprint density at radius 1 is 1.10 bits per heavy atom. The van der Waals surface area contributed by atoms with Gasteiger partial charge in [-0.15, -0.1) is 0 Å². The second-order valence-corrected chi connectivity index (χ2v) is 5.62. The Hall–Kier alpha value is -1.91. The summed E-state index contributed by atoms with van der Waals surface area (Å²) in [6.07, 6.45) is 0.798. The average molecular weight is 362 g/mol. The molecule has 0 aliphatic rings. The Morgan fingerprint density at radius 3 is 2.52 bits per heavy atom. The lowest BCUT2D eigenvalue weighted by molar-refractivity contribution is 0.112. The van der Waals surface area contributed by atoms with Crippen molar-refractivity contribution in [2.75, 3.05) is 0 Å². The zero-order chi connectivity index (χ0) is 14.8. The van der Waals surface area contributed by atoms with Crippen LogP contribution in [0.15, 0.2) is 59.2 Å². The van der Waals surface area contributed by atoms with Gasteiger partial charge in [-0.05, 0) is 40.2 Å². The average Bonchev–Trinajstić information content (AvgIpc) is 2.85. The van der Waals surface area contributed by atoms with E-state index in [0.717, 1.165) is 17.5 Å². The molecule has 0 saturated carbocycles. The molecule has 0 aliphatic heterocycles. The van der Waals surface area contributed by atoms with Crippen LogP contribution >= 0.6 is 27.5 Å². The fraction of sp³-hybridized carbons (Fsp3) is 0. The van der Waals surface area contributed by atoms with Gasteiger partial charge in [0.15, 0.2) is 6.29 Å². The maximum Gasteiger partial charge on any atom is 0.155 e. The number of para-hydroxylation sites is 1. The molecule has 0 radical (unpaired) electrons. The molecule has 0 unspecified atom stereocenters. The standard InChI is InChI=1S/C16H10BrClN2O/c17-16-14(10-21)15(11-5-4-6-12(18)9-11)19-20(16)13-7-2-1-3-8-13/h1-10H. The van der Waals surface area contributed by atoms with Gasteiger partial charge in [-0.3, -0.25) is 4.79 Å². The molecule has 0 atom stereocenters. The van der Waals surface area contributed by atoms with Gasteiger partial charge in [0.2, 0.25) is 0 Å². The van der Waals surface area contributed by atoms with Crippen LogP contribution < -0.4 is 0 Å². The lowest BCUT2D eigenvalue weighted by Crippen LogP contribution is -1.96. The fourth-order valence-corrected chi connectivity index (χ4v) is 2.86. The number of rotatable bonds is 3. The van der Waals surface area contributed by atoms with Crippen molar-refractivity contribution in [3.63, 3.8) is 0 Å². The molecule has 0 fully saturated rings. The van der Waals surface area contributed by atoms with Gasteiger partial charge in [-0.1, -0.05) is 41.9 Å². The smallest absolute Gasteiger partial charge is 0.155 e. The van der Waals surface area contributed by atoms with E-state index in [1.54, 1.807) is 16.8 Å². The molecule has 3 rings (SSSR count). The molecule has 1 aromatic heterocycles. The molecule has 3 nitrogen and oxygen atoms in total. The Bertz CT molecular complexity index is 799. The van der Waals surface area contributed by atoms with Gasteiger partial charge in [-0.25, -0.2) is 4.68 Å². The predicted molar refractivity (Wildman–Crippen MR) is 87.1 cm³/mol. The van der Waals surface area contributed by atoms with E-state index in [1.165, 1.54) is 0 Å². The second kappa shape index (κ2) is 5.84. The number of hydrogen-bond acceptors (Lipinski definition) is 2. The number of nitrogens with zero attached hydrogens (tertiary/aromatic N) is 2. The number of carbonyl (C=O) groups is 1. The zero-order valence-corrected chi connectivity index (χ0v) is 13.2. The Labute approximate surface area is 135 Å². The Morgan fingerprint density at radius 2 is 1.86 bits per heavy atom. The van der Waals surface area contributed by atoms with Gasteiger partial charge in [0, 0.05) is 10.6 Å². The van der Waals surface area contributed by atoms with Gasteiger partial charge in [-0.2, -0.15) is 5.10 Å². The van der Waals surface area contributed by atoms with Crippen LogP contribution in [0.25, 0.3) is 16.9 Å². The zero-order valence-electron chi connectivity index (χ0n) is 10.8. The summed E-state index contributed by atoms with van der Waals surface area (Å²) in [5.74, 6) is 0. The van der Waals surface area contributed by atoms with E-state index in [2.05, 4.69) is 21.0 Å². The minimum atomic E-state index is 0.501. The highest BCUT2D eigenvalue weighted by Gasteiger charge is 2.18. The summed E-state index contributed by atoms with van der Waals surface area (Å²) in [4.78, 5) is 11.4. The molecular formula is C16H10BrClN2O. The van der Waals surface area contributed by atoms with Crippen molar-refractivity contribution < 1.29 is 4.79 Å². The van der Waals surface area contributed by atoms with E-state index in [1.807, 2.05) is 42.5 Å². The monoisotopic (exact) mass is 360 g/mol. The first kappa shape index (κ1) is 14.0. The maximum atomic E-state index is 11.4. The number of aromatic nitrogens is 2. The molecule has 5 heteroatoms. The van der Waals surface area contributed by atoms with E-state index >= 15 is 0 Å². The highest BCUT2D eigenvalue weighted by molar-refractivity contribution is 9.10.